The highest BCUT2D eigenvalue weighted by Crippen LogP contribution is 2.26. The molecule has 1 aromatic heterocycles. The zero-order valence-corrected chi connectivity index (χ0v) is 16.2. The van der Waals surface area contributed by atoms with E-state index in [-0.39, 0.29) is 25.0 Å². The van der Waals surface area contributed by atoms with E-state index in [1.54, 1.807) is 60.4 Å². The van der Waals surface area contributed by atoms with E-state index in [0.29, 0.717) is 22.9 Å². The molecule has 7 heteroatoms. The maximum absolute atomic E-state index is 13.0. The van der Waals surface area contributed by atoms with E-state index < -0.39 is 0 Å². The Balaban J connectivity index is 1.77. The third-order valence-electron chi connectivity index (χ3n) is 4.09. The maximum atomic E-state index is 13.0. The molecule has 0 aliphatic heterocycles. The van der Waals surface area contributed by atoms with Gasteiger partial charge in [0.05, 0.1) is 0 Å². The minimum atomic E-state index is -0.293. The molecule has 6 nitrogen and oxygen atoms in total. The third kappa shape index (κ3) is 5.52. The van der Waals surface area contributed by atoms with Crippen LogP contribution in [0, 0.1) is 5.82 Å². The Kier molecular flexibility index (Phi) is 6.76. The van der Waals surface area contributed by atoms with Crippen LogP contribution in [0.25, 0.3) is 6.08 Å². The minimum Gasteiger partial charge on any atom is -0.489 e. The van der Waals surface area contributed by atoms with E-state index in [2.05, 4.69) is 4.98 Å². The average molecular weight is 396 g/mol. The lowest BCUT2D eigenvalue weighted by atomic mass is 10.1. The van der Waals surface area contributed by atoms with Gasteiger partial charge in [0.15, 0.2) is 12.6 Å². The molecular weight excluding hydrogens is 375 g/mol. The first-order valence-corrected chi connectivity index (χ1v) is 8.89. The number of carbonyl (C=O) groups is 1. The van der Waals surface area contributed by atoms with Gasteiger partial charge in [-0.1, -0.05) is 12.1 Å². The molecule has 0 fully saturated rings. The van der Waals surface area contributed by atoms with Gasteiger partial charge in [0.1, 0.15) is 23.9 Å². The van der Waals surface area contributed by atoms with Gasteiger partial charge in [0.2, 0.25) is 5.78 Å². The summed E-state index contributed by atoms with van der Waals surface area (Å²) in [5.41, 5.74) is 1.49. The van der Waals surface area contributed by atoms with Crippen molar-refractivity contribution in [2.24, 2.45) is 7.05 Å². The van der Waals surface area contributed by atoms with Crippen LogP contribution in [0.4, 0.5) is 4.39 Å². The van der Waals surface area contributed by atoms with E-state index in [1.165, 1.54) is 25.3 Å². The van der Waals surface area contributed by atoms with Crippen molar-refractivity contribution in [3.63, 3.8) is 0 Å². The number of imidazole rings is 1. The highest BCUT2D eigenvalue weighted by molar-refractivity contribution is 6.04. The fourth-order valence-corrected chi connectivity index (χ4v) is 2.59. The molecule has 2 aromatic carbocycles. The Morgan fingerprint density at radius 2 is 1.97 bits per heavy atom. The Bertz CT molecular complexity index is 996. The van der Waals surface area contributed by atoms with Gasteiger partial charge in [-0.2, -0.15) is 0 Å². The summed E-state index contributed by atoms with van der Waals surface area (Å²) in [5, 5.41) is 0. The number of hydrogen-bond acceptors (Lipinski definition) is 5. The van der Waals surface area contributed by atoms with Crippen molar-refractivity contribution in [1.29, 1.82) is 0 Å². The molecule has 29 heavy (non-hydrogen) atoms. The molecule has 0 saturated carbocycles. The number of allylic oxidation sites excluding steroid dienone is 1. The van der Waals surface area contributed by atoms with Gasteiger partial charge in [-0.25, -0.2) is 9.37 Å². The average Bonchev–Trinajstić information content (AvgIpc) is 3.16. The van der Waals surface area contributed by atoms with Crippen molar-refractivity contribution >= 4 is 11.9 Å². The second kappa shape index (κ2) is 9.66. The predicted molar refractivity (Wildman–Crippen MR) is 106 cm³/mol. The molecule has 0 amide bonds. The third-order valence-corrected chi connectivity index (χ3v) is 4.09. The van der Waals surface area contributed by atoms with Crippen LogP contribution in [-0.4, -0.2) is 29.2 Å². The maximum Gasteiger partial charge on any atom is 0.221 e. The van der Waals surface area contributed by atoms with Crippen LogP contribution in [0.2, 0.25) is 0 Å². The lowest BCUT2D eigenvalue weighted by Gasteiger charge is -2.11. The molecule has 150 valence electrons. The summed E-state index contributed by atoms with van der Waals surface area (Å²) in [6, 6.07) is 11.4. The Morgan fingerprint density at radius 1 is 1.17 bits per heavy atom. The van der Waals surface area contributed by atoms with Crippen LogP contribution in [-0.2, 0) is 18.4 Å². The van der Waals surface area contributed by atoms with Crippen LogP contribution in [0.3, 0.4) is 0 Å². The number of carbonyl (C=O) groups excluding carboxylic acids is 1. The smallest absolute Gasteiger partial charge is 0.221 e. The number of ether oxygens (including phenoxy) is 3. The van der Waals surface area contributed by atoms with Crippen LogP contribution in [0.1, 0.15) is 21.7 Å². The number of halogens is 1. The zero-order valence-electron chi connectivity index (χ0n) is 16.2. The summed E-state index contributed by atoms with van der Waals surface area (Å²) in [5.74, 6) is 0.948. The molecule has 0 atom stereocenters. The normalized spacial score (nSPS) is 11.0. The molecule has 3 rings (SSSR count). The van der Waals surface area contributed by atoms with Gasteiger partial charge < -0.3 is 18.8 Å². The highest BCUT2D eigenvalue weighted by Gasteiger charge is 2.09. The zero-order chi connectivity index (χ0) is 20.6. The van der Waals surface area contributed by atoms with Gasteiger partial charge in [-0.3, -0.25) is 4.79 Å². The number of rotatable bonds is 9. The molecule has 0 spiro atoms. The van der Waals surface area contributed by atoms with Gasteiger partial charge >= 0.3 is 0 Å². The fourth-order valence-electron chi connectivity index (χ4n) is 2.59. The number of aromatic nitrogens is 2. The predicted octanol–water partition coefficient (Wildman–Crippen LogP) is 4.02. The quantitative estimate of drug-likeness (QED) is 0.311. The monoisotopic (exact) mass is 396 g/mol. The van der Waals surface area contributed by atoms with E-state index in [4.69, 9.17) is 14.2 Å². The lowest BCUT2D eigenvalue weighted by molar-refractivity contribution is 0.0509. The molecule has 0 N–H and O–H groups in total. The van der Waals surface area contributed by atoms with Crippen molar-refractivity contribution < 1.29 is 23.4 Å². The number of hydrogen-bond donors (Lipinski definition) is 0. The van der Waals surface area contributed by atoms with Gasteiger partial charge in [-0.15, -0.1) is 0 Å². The summed E-state index contributed by atoms with van der Waals surface area (Å²) < 4.78 is 31.0. The first-order valence-electron chi connectivity index (χ1n) is 8.89. The SMILES string of the molecule is COCOc1ccc(OCc2ccc(F)cc2)cc1C=CC(=O)c1nccn1C. The number of benzene rings is 2. The molecule has 0 radical (unpaired) electrons. The van der Waals surface area contributed by atoms with Crippen LogP contribution in [0.5, 0.6) is 11.5 Å². The number of nitrogens with zero attached hydrogens (tertiary/aromatic N) is 2. The molecule has 0 saturated heterocycles. The van der Waals surface area contributed by atoms with Crippen molar-refractivity contribution in [2.45, 2.75) is 6.61 Å². The van der Waals surface area contributed by atoms with Crippen molar-refractivity contribution in [3.05, 3.63) is 83.7 Å². The van der Waals surface area contributed by atoms with Gasteiger partial charge in [-0.05, 0) is 48.0 Å². The summed E-state index contributed by atoms with van der Waals surface area (Å²) in [6.07, 6.45) is 6.35. The number of ketones is 1. The standard InChI is InChI=1S/C22H21FN2O4/c1-25-12-11-24-22(25)20(26)9-5-17-13-19(8-10-21(17)29-15-27-2)28-14-16-3-6-18(23)7-4-16/h3-13H,14-15H2,1-2H3. The molecular formula is C22H21FN2O4. The number of aryl methyl sites for hydroxylation is 1. The van der Waals surface area contributed by atoms with Crippen LogP contribution < -0.4 is 9.47 Å². The van der Waals surface area contributed by atoms with E-state index in [1.807, 2.05) is 0 Å². The Hall–Kier alpha value is -3.45. The molecule has 0 aliphatic carbocycles. The fraction of sp³-hybridized carbons (Fsp3) is 0.182. The molecule has 3 aromatic rings. The second-order valence-electron chi connectivity index (χ2n) is 6.22. The lowest BCUT2D eigenvalue weighted by Crippen LogP contribution is -2.04. The van der Waals surface area contributed by atoms with Crippen LogP contribution in [0.15, 0.2) is 60.9 Å². The van der Waals surface area contributed by atoms with Gasteiger partial charge in [0, 0.05) is 32.1 Å². The topological polar surface area (TPSA) is 62.6 Å². The summed E-state index contributed by atoms with van der Waals surface area (Å²) in [6.45, 7) is 0.359. The highest BCUT2D eigenvalue weighted by atomic mass is 19.1. The van der Waals surface area contributed by atoms with Crippen molar-refractivity contribution in [1.82, 2.24) is 9.55 Å². The van der Waals surface area contributed by atoms with E-state index >= 15 is 0 Å². The number of methoxy groups -OCH3 is 1. The molecule has 0 bridgehead atoms. The summed E-state index contributed by atoms with van der Waals surface area (Å²) in [4.78, 5) is 16.4. The molecule has 0 aliphatic rings. The van der Waals surface area contributed by atoms with E-state index in [9.17, 15) is 9.18 Å². The molecule has 0 unspecified atom stereocenters. The summed E-state index contributed by atoms with van der Waals surface area (Å²) >= 11 is 0. The Labute approximate surface area is 168 Å². The Morgan fingerprint density at radius 3 is 2.66 bits per heavy atom. The minimum absolute atomic E-state index is 0.0733. The van der Waals surface area contributed by atoms with Crippen molar-refractivity contribution in [3.8, 4) is 11.5 Å². The van der Waals surface area contributed by atoms with Crippen LogP contribution >= 0.6 is 0 Å². The largest absolute Gasteiger partial charge is 0.489 e. The van der Waals surface area contributed by atoms with E-state index in [0.717, 1.165) is 5.56 Å². The van der Waals surface area contributed by atoms with Crippen molar-refractivity contribution in [2.75, 3.05) is 13.9 Å². The first kappa shape index (κ1) is 20.3. The van der Waals surface area contributed by atoms with Gasteiger partial charge in [0.25, 0.3) is 0 Å². The first-order chi connectivity index (χ1) is 14.1. The molecule has 1 heterocycles. The summed E-state index contributed by atoms with van der Waals surface area (Å²) in [7, 11) is 3.28. The second-order valence-corrected chi connectivity index (χ2v) is 6.22.